The van der Waals surface area contributed by atoms with Crippen LogP contribution in [0.5, 0.6) is 0 Å². The number of esters is 1. The number of hydrogen-bond acceptors (Lipinski definition) is 5. The predicted octanol–water partition coefficient (Wildman–Crippen LogP) is 0.531. The van der Waals surface area contributed by atoms with Crippen molar-refractivity contribution in [2.45, 2.75) is 20.3 Å². The van der Waals surface area contributed by atoms with Crippen LogP contribution in [-0.4, -0.2) is 31.2 Å². The molecule has 0 saturated heterocycles. The maximum atomic E-state index is 11.1. The molecule has 0 aliphatic carbocycles. The minimum Gasteiger partial charge on any atom is -0.461 e. The van der Waals surface area contributed by atoms with Crippen molar-refractivity contribution in [1.29, 1.82) is 0 Å². The molecule has 0 saturated carbocycles. The molecule has 0 fully saturated rings. The molecule has 0 N–H and O–H groups in total. The maximum absolute atomic E-state index is 11.1. The first kappa shape index (κ1) is 11.6. The third-order valence-corrected chi connectivity index (χ3v) is 1.13. The molecule has 74 valence electrons. The highest BCUT2D eigenvalue weighted by Crippen LogP contribution is 1.93. The molecule has 0 heterocycles. The summed E-state index contributed by atoms with van der Waals surface area (Å²) in [5, 5.41) is 3.40. The molecule has 13 heavy (non-hydrogen) atoms. The number of carbonyl (C=O) groups is 2. The first-order valence-electron chi connectivity index (χ1n) is 3.88. The zero-order valence-electron chi connectivity index (χ0n) is 7.99. The van der Waals surface area contributed by atoms with Crippen molar-refractivity contribution in [2.75, 3.05) is 13.7 Å². The first-order valence-corrected chi connectivity index (χ1v) is 3.88. The zero-order valence-corrected chi connectivity index (χ0v) is 7.99. The molecule has 0 aliphatic rings. The van der Waals surface area contributed by atoms with E-state index >= 15 is 0 Å². The van der Waals surface area contributed by atoms with Crippen molar-refractivity contribution in [3.8, 4) is 0 Å². The van der Waals surface area contributed by atoms with Crippen molar-refractivity contribution in [2.24, 2.45) is 5.16 Å². The molecule has 0 aliphatic heterocycles. The van der Waals surface area contributed by atoms with Gasteiger partial charge in [0.2, 0.25) is 0 Å². The Morgan fingerprint density at radius 2 is 2.00 bits per heavy atom. The molecule has 0 spiro atoms. The van der Waals surface area contributed by atoms with Crippen molar-refractivity contribution in [3.63, 3.8) is 0 Å². The first-order chi connectivity index (χ1) is 6.11. The number of oxime groups is 1. The largest absolute Gasteiger partial charge is 0.461 e. The van der Waals surface area contributed by atoms with Crippen molar-refractivity contribution < 1.29 is 19.2 Å². The fourth-order valence-corrected chi connectivity index (χ4v) is 0.702. The number of Topliss-reactive ketones (excluding diaryl/α,β-unsaturated/α-hetero) is 1. The smallest absolute Gasteiger partial charge is 0.356 e. The summed E-state index contributed by atoms with van der Waals surface area (Å²) in [6.45, 7) is 3.29. The Morgan fingerprint density at radius 3 is 2.38 bits per heavy atom. The summed E-state index contributed by atoms with van der Waals surface area (Å²) < 4.78 is 4.66. The Hall–Kier alpha value is -1.39. The molecule has 5 nitrogen and oxygen atoms in total. The molecular formula is C8H13NO4. The second-order valence-electron chi connectivity index (χ2n) is 2.32. The van der Waals surface area contributed by atoms with Gasteiger partial charge in [0.05, 0.1) is 13.0 Å². The zero-order chi connectivity index (χ0) is 10.3. The molecule has 0 rings (SSSR count). The van der Waals surface area contributed by atoms with E-state index in [4.69, 9.17) is 0 Å². The SMILES string of the molecule is CCOC(=O)/C(CC(C)=O)=N/OC. The lowest BCUT2D eigenvalue weighted by Gasteiger charge is -2.02. The number of carbonyl (C=O) groups excluding carboxylic acids is 2. The van der Waals surface area contributed by atoms with Gasteiger partial charge < -0.3 is 9.57 Å². The second-order valence-corrected chi connectivity index (χ2v) is 2.32. The molecule has 0 radical (unpaired) electrons. The van der Waals surface area contributed by atoms with E-state index in [2.05, 4.69) is 14.7 Å². The van der Waals surface area contributed by atoms with Gasteiger partial charge in [0.15, 0.2) is 5.71 Å². The molecule has 0 unspecified atom stereocenters. The Balaban J connectivity index is 4.33. The van der Waals surface area contributed by atoms with E-state index in [1.165, 1.54) is 14.0 Å². The van der Waals surface area contributed by atoms with Gasteiger partial charge in [-0.15, -0.1) is 0 Å². The average Bonchev–Trinajstić information content (AvgIpc) is 2.03. The highest BCUT2D eigenvalue weighted by molar-refractivity contribution is 6.39. The number of rotatable bonds is 5. The monoisotopic (exact) mass is 187 g/mol. The van der Waals surface area contributed by atoms with E-state index in [-0.39, 0.29) is 24.5 Å². The quantitative estimate of drug-likeness (QED) is 0.358. The van der Waals surface area contributed by atoms with E-state index in [0.717, 1.165) is 0 Å². The summed E-state index contributed by atoms with van der Waals surface area (Å²) in [7, 11) is 1.30. The van der Waals surface area contributed by atoms with Crippen molar-refractivity contribution in [1.82, 2.24) is 0 Å². The maximum Gasteiger partial charge on any atom is 0.356 e. The number of ketones is 1. The molecular weight excluding hydrogens is 174 g/mol. The summed E-state index contributed by atoms with van der Waals surface area (Å²) in [5.41, 5.74) is -0.00292. The van der Waals surface area contributed by atoms with Crippen LogP contribution in [-0.2, 0) is 19.2 Å². The predicted molar refractivity (Wildman–Crippen MR) is 46.4 cm³/mol. The van der Waals surface area contributed by atoms with Gasteiger partial charge >= 0.3 is 5.97 Å². The topological polar surface area (TPSA) is 65.0 Å². The molecule has 0 amide bonds. The third kappa shape index (κ3) is 4.95. The van der Waals surface area contributed by atoms with Gasteiger partial charge in [-0.1, -0.05) is 5.16 Å². The second kappa shape index (κ2) is 6.16. The standard InChI is InChI=1S/C8H13NO4/c1-4-13-8(11)7(9-12-3)5-6(2)10/h4-5H2,1-3H3/b9-7+. The minimum absolute atomic E-state index is 0.00292. The third-order valence-electron chi connectivity index (χ3n) is 1.13. The van der Waals surface area contributed by atoms with E-state index in [9.17, 15) is 9.59 Å². The lowest BCUT2D eigenvalue weighted by molar-refractivity contribution is -0.135. The Morgan fingerprint density at radius 1 is 1.38 bits per heavy atom. The Kier molecular flexibility index (Phi) is 5.50. The summed E-state index contributed by atoms with van der Waals surface area (Å²) in [4.78, 5) is 26.2. The fourth-order valence-electron chi connectivity index (χ4n) is 0.702. The van der Waals surface area contributed by atoms with Crippen LogP contribution >= 0.6 is 0 Å². The van der Waals surface area contributed by atoms with Crippen LogP contribution in [0, 0.1) is 0 Å². The summed E-state index contributed by atoms with van der Waals surface area (Å²) in [6, 6.07) is 0. The molecule has 0 aromatic heterocycles. The minimum atomic E-state index is -0.612. The normalized spacial score (nSPS) is 10.8. The van der Waals surface area contributed by atoms with E-state index in [1.54, 1.807) is 6.92 Å². The highest BCUT2D eigenvalue weighted by atomic mass is 16.6. The fraction of sp³-hybridized carbons (Fsp3) is 0.625. The van der Waals surface area contributed by atoms with Gasteiger partial charge in [0.25, 0.3) is 0 Å². The lowest BCUT2D eigenvalue weighted by atomic mass is 10.2. The van der Waals surface area contributed by atoms with Crippen LogP contribution < -0.4 is 0 Å². The van der Waals surface area contributed by atoms with Gasteiger partial charge in [-0.25, -0.2) is 4.79 Å². The van der Waals surface area contributed by atoms with Crippen LogP contribution in [0.4, 0.5) is 0 Å². The molecule has 0 bridgehead atoms. The average molecular weight is 187 g/mol. The van der Waals surface area contributed by atoms with Crippen molar-refractivity contribution in [3.05, 3.63) is 0 Å². The number of hydrogen-bond donors (Lipinski definition) is 0. The van der Waals surface area contributed by atoms with E-state index < -0.39 is 5.97 Å². The number of ether oxygens (including phenoxy) is 1. The van der Waals surface area contributed by atoms with Gasteiger partial charge in [-0.05, 0) is 13.8 Å². The Labute approximate surface area is 76.7 Å². The lowest BCUT2D eigenvalue weighted by Crippen LogP contribution is -2.20. The van der Waals surface area contributed by atoms with Crippen LogP contribution in [0.1, 0.15) is 20.3 Å². The highest BCUT2D eigenvalue weighted by Gasteiger charge is 2.15. The van der Waals surface area contributed by atoms with Gasteiger partial charge in [0.1, 0.15) is 12.9 Å². The molecule has 0 aromatic rings. The number of nitrogens with zero attached hydrogens (tertiary/aromatic N) is 1. The molecule has 0 atom stereocenters. The van der Waals surface area contributed by atoms with Gasteiger partial charge in [0, 0.05) is 0 Å². The molecule has 5 heteroatoms. The Bertz CT molecular complexity index is 222. The summed E-state index contributed by atoms with van der Waals surface area (Å²) >= 11 is 0. The van der Waals surface area contributed by atoms with Crippen LogP contribution in [0.2, 0.25) is 0 Å². The van der Waals surface area contributed by atoms with E-state index in [0.29, 0.717) is 0 Å². The van der Waals surface area contributed by atoms with Crippen LogP contribution in [0.15, 0.2) is 5.16 Å². The van der Waals surface area contributed by atoms with Crippen LogP contribution in [0.3, 0.4) is 0 Å². The van der Waals surface area contributed by atoms with E-state index in [1.807, 2.05) is 0 Å². The summed E-state index contributed by atoms with van der Waals surface area (Å²) in [5.74, 6) is -0.775. The summed E-state index contributed by atoms with van der Waals surface area (Å²) in [6.07, 6.45) is -0.0628. The van der Waals surface area contributed by atoms with Crippen molar-refractivity contribution >= 4 is 17.5 Å². The van der Waals surface area contributed by atoms with Gasteiger partial charge in [-0.2, -0.15) is 0 Å². The molecule has 0 aromatic carbocycles. The van der Waals surface area contributed by atoms with Crippen LogP contribution in [0.25, 0.3) is 0 Å². The van der Waals surface area contributed by atoms with Gasteiger partial charge in [-0.3, -0.25) is 4.79 Å².